The lowest BCUT2D eigenvalue weighted by molar-refractivity contribution is -0.137. The lowest BCUT2D eigenvalue weighted by Crippen LogP contribution is -2.37. The van der Waals surface area contributed by atoms with Crippen LogP contribution in [0.3, 0.4) is 0 Å². The molecule has 2 amide bonds. The van der Waals surface area contributed by atoms with Crippen LogP contribution in [0.2, 0.25) is 0 Å². The van der Waals surface area contributed by atoms with Gasteiger partial charge >= 0.3 is 5.97 Å². The van der Waals surface area contributed by atoms with E-state index in [0.717, 1.165) is 0 Å². The van der Waals surface area contributed by atoms with Crippen molar-refractivity contribution in [1.82, 2.24) is 15.8 Å². The number of hydrogen-bond donors (Lipinski definition) is 4. The van der Waals surface area contributed by atoms with Gasteiger partial charge in [-0.15, -0.1) is 0 Å². The number of carboxylic acid groups (broad SMARTS) is 1. The lowest BCUT2D eigenvalue weighted by Gasteiger charge is -2.10. The molecule has 0 aliphatic carbocycles. The third-order valence-electron chi connectivity index (χ3n) is 2.92. The highest BCUT2D eigenvalue weighted by Gasteiger charge is 2.15. The van der Waals surface area contributed by atoms with Crippen molar-refractivity contribution in [1.29, 1.82) is 0 Å². The number of aliphatic carboxylic acids is 1. The first-order valence-corrected chi connectivity index (χ1v) is 7.22. The highest BCUT2D eigenvalue weighted by Crippen LogP contribution is 2.08. The Morgan fingerprint density at radius 1 is 1.24 bits per heavy atom. The highest BCUT2D eigenvalue weighted by atomic mass is 16.5. The minimum Gasteiger partial charge on any atom is -0.480 e. The summed E-state index contributed by atoms with van der Waals surface area (Å²) in [5, 5.41) is 19.7. The first kappa shape index (κ1) is 17.7. The van der Waals surface area contributed by atoms with Crippen molar-refractivity contribution in [2.45, 2.75) is 6.92 Å². The van der Waals surface area contributed by atoms with Crippen LogP contribution in [-0.4, -0.2) is 34.6 Å². The predicted molar refractivity (Wildman–Crippen MR) is 87.5 cm³/mol. The van der Waals surface area contributed by atoms with Crippen LogP contribution < -0.4 is 16.0 Å². The van der Waals surface area contributed by atoms with Crippen molar-refractivity contribution in [2.24, 2.45) is 0 Å². The summed E-state index contributed by atoms with van der Waals surface area (Å²) >= 11 is 0. The van der Waals surface area contributed by atoms with Crippen LogP contribution >= 0.6 is 0 Å². The average molecular weight is 344 g/mol. The van der Waals surface area contributed by atoms with Gasteiger partial charge in [0, 0.05) is 17.8 Å². The quantitative estimate of drug-likeness (QED) is 0.548. The number of anilines is 1. The van der Waals surface area contributed by atoms with Crippen molar-refractivity contribution >= 4 is 23.6 Å². The number of aromatic nitrogens is 1. The van der Waals surface area contributed by atoms with Crippen molar-refractivity contribution in [2.75, 3.05) is 11.9 Å². The highest BCUT2D eigenvalue weighted by molar-refractivity contribution is 6.03. The predicted octanol–water partition coefficient (Wildman–Crippen LogP) is 0.867. The van der Waals surface area contributed by atoms with Crippen LogP contribution in [-0.2, 0) is 9.59 Å². The Labute approximate surface area is 142 Å². The number of aryl methyl sites for hydroxylation is 1. The molecule has 9 nitrogen and oxygen atoms in total. The molecule has 130 valence electrons. The summed E-state index contributed by atoms with van der Waals surface area (Å²) in [6.45, 7) is 1.11. The zero-order valence-corrected chi connectivity index (χ0v) is 13.3. The van der Waals surface area contributed by atoms with E-state index in [1.54, 1.807) is 43.3 Å². The van der Waals surface area contributed by atoms with Gasteiger partial charge < -0.3 is 25.6 Å². The monoisotopic (exact) mass is 344 g/mol. The van der Waals surface area contributed by atoms with E-state index in [9.17, 15) is 14.4 Å². The van der Waals surface area contributed by atoms with E-state index < -0.39 is 24.3 Å². The van der Waals surface area contributed by atoms with Gasteiger partial charge in [-0.25, -0.2) is 0 Å². The molecule has 0 bridgehead atoms. The zero-order chi connectivity index (χ0) is 18.2. The van der Waals surface area contributed by atoms with Gasteiger partial charge in [-0.05, 0) is 19.1 Å². The molecule has 0 saturated heterocycles. The molecule has 9 heteroatoms. The fraction of sp³-hybridized carbons (Fsp3) is 0.125. The first-order valence-electron chi connectivity index (χ1n) is 7.22. The molecule has 0 atom stereocenters. The minimum atomic E-state index is -1.21. The number of carbonyl (C=O) groups is 3. The number of benzene rings is 1. The summed E-state index contributed by atoms with van der Waals surface area (Å²) in [4.78, 5) is 34.9. The van der Waals surface area contributed by atoms with Crippen molar-refractivity contribution in [3.8, 4) is 0 Å². The minimum absolute atomic E-state index is 0.171. The Balaban J connectivity index is 2.14. The average Bonchev–Trinajstić information content (AvgIpc) is 3.02. The summed E-state index contributed by atoms with van der Waals surface area (Å²) in [6, 6.07) is 9.86. The summed E-state index contributed by atoms with van der Waals surface area (Å²) < 4.78 is 4.88. The lowest BCUT2D eigenvalue weighted by atomic mass is 10.2. The molecule has 0 aliphatic heterocycles. The molecule has 1 heterocycles. The molecule has 0 aliphatic rings. The molecule has 0 unspecified atom stereocenters. The molecule has 1 aromatic heterocycles. The summed E-state index contributed by atoms with van der Waals surface area (Å²) in [6.07, 6.45) is 1.20. The molecule has 0 saturated carbocycles. The number of hydrogen-bond acceptors (Lipinski definition) is 6. The fourth-order valence-corrected chi connectivity index (χ4v) is 1.77. The topological polar surface area (TPSA) is 134 Å². The Bertz CT molecular complexity index is 798. The first-order chi connectivity index (χ1) is 12.0. The summed E-state index contributed by atoms with van der Waals surface area (Å²) in [7, 11) is 0. The van der Waals surface area contributed by atoms with E-state index in [4.69, 9.17) is 9.63 Å². The van der Waals surface area contributed by atoms with E-state index in [1.807, 2.05) is 0 Å². The maximum absolute atomic E-state index is 12.2. The van der Waals surface area contributed by atoms with Gasteiger partial charge in [-0.2, -0.15) is 0 Å². The molecular weight excluding hydrogens is 328 g/mol. The Kier molecular flexibility index (Phi) is 5.88. The molecule has 0 spiro atoms. The maximum atomic E-state index is 12.2. The van der Waals surface area contributed by atoms with Crippen LogP contribution in [0.1, 0.15) is 16.1 Å². The van der Waals surface area contributed by atoms with Crippen molar-refractivity contribution in [3.63, 3.8) is 0 Å². The number of carboxylic acids is 1. The molecule has 2 aromatic rings. The van der Waals surface area contributed by atoms with Crippen LogP contribution in [0.25, 0.3) is 0 Å². The SMILES string of the molecule is Cc1cc(N/C=C(\NC(=O)c2ccccc2)C(=O)NCC(=O)O)no1. The van der Waals surface area contributed by atoms with Gasteiger partial charge in [0.15, 0.2) is 5.82 Å². The summed E-state index contributed by atoms with van der Waals surface area (Å²) in [5.41, 5.74) is 0.174. The van der Waals surface area contributed by atoms with Gasteiger partial charge in [0.1, 0.15) is 18.0 Å². The smallest absolute Gasteiger partial charge is 0.322 e. The second-order valence-corrected chi connectivity index (χ2v) is 4.92. The Morgan fingerprint density at radius 3 is 2.56 bits per heavy atom. The van der Waals surface area contributed by atoms with Crippen molar-refractivity contribution in [3.05, 3.63) is 59.6 Å². The maximum Gasteiger partial charge on any atom is 0.322 e. The third-order valence-corrected chi connectivity index (χ3v) is 2.92. The second-order valence-electron chi connectivity index (χ2n) is 4.92. The third kappa shape index (κ3) is 5.50. The van der Waals surface area contributed by atoms with Crippen molar-refractivity contribution < 1.29 is 24.0 Å². The second kappa shape index (κ2) is 8.29. The van der Waals surface area contributed by atoms with E-state index >= 15 is 0 Å². The van der Waals surface area contributed by atoms with Crippen LogP contribution in [0.5, 0.6) is 0 Å². The van der Waals surface area contributed by atoms with Crippen LogP contribution in [0.4, 0.5) is 5.82 Å². The molecular formula is C16H16N4O5. The number of nitrogens with one attached hydrogen (secondary N) is 3. The number of amides is 2. The Hall–Kier alpha value is -3.62. The van der Waals surface area contributed by atoms with Crippen LogP contribution in [0, 0.1) is 6.92 Å². The molecule has 1 aromatic carbocycles. The molecule has 4 N–H and O–H groups in total. The van der Waals surface area contributed by atoms with Gasteiger partial charge in [0.25, 0.3) is 11.8 Å². The van der Waals surface area contributed by atoms with Crippen LogP contribution in [0.15, 0.2) is 52.8 Å². The zero-order valence-electron chi connectivity index (χ0n) is 13.3. The summed E-state index contributed by atoms with van der Waals surface area (Å²) in [5.74, 6) is -1.60. The van der Waals surface area contributed by atoms with E-state index in [1.165, 1.54) is 6.20 Å². The molecule has 2 rings (SSSR count). The molecule has 25 heavy (non-hydrogen) atoms. The number of carbonyl (C=O) groups excluding carboxylic acids is 2. The Morgan fingerprint density at radius 2 is 1.96 bits per heavy atom. The number of rotatable bonds is 7. The standard InChI is InChI=1S/C16H16N4O5/c1-10-7-13(20-25-10)17-8-12(16(24)18-9-14(21)22)19-15(23)11-5-3-2-4-6-11/h2-8H,9H2,1H3,(H,17,20)(H,18,24)(H,19,23)(H,21,22)/b12-8-. The molecule has 0 fully saturated rings. The number of nitrogens with zero attached hydrogens (tertiary/aromatic N) is 1. The van der Waals surface area contributed by atoms with Gasteiger partial charge in [-0.1, -0.05) is 23.4 Å². The van der Waals surface area contributed by atoms with Gasteiger partial charge in [0.2, 0.25) is 0 Å². The normalized spacial score (nSPS) is 10.8. The van der Waals surface area contributed by atoms with E-state index in [0.29, 0.717) is 17.1 Å². The van der Waals surface area contributed by atoms with E-state index in [-0.39, 0.29) is 5.70 Å². The van der Waals surface area contributed by atoms with Gasteiger partial charge in [0.05, 0.1) is 0 Å². The van der Waals surface area contributed by atoms with E-state index in [2.05, 4.69) is 21.1 Å². The largest absolute Gasteiger partial charge is 0.480 e. The molecule has 0 radical (unpaired) electrons. The fourth-order valence-electron chi connectivity index (χ4n) is 1.77. The van der Waals surface area contributed by atoms with Gasteiger partial charge in [-0.3, -0.25) is 14.4 Å².